The second kappa shape index (κ2) is 7.27. The molecule has 0 bridgehead atoms. The Bertz CT molecular complexity index is 830. The van der Waals surface area contributed by atoms with Crippen LogP contribution in [0.15, 0.2) is 15.4 Å². The van der Waals surface area contributed by atoms with E-state index in [0.717, 1.165) is 12.8 Å². The van der Waals surface area contributed by atoms with Crippen LogP contribution in [0.4, 0.5) is 0 Å². The van der Waals surface area contributed by atoms with Gasteiger partial charge in [0.25, 0.3) is 5.91 Å². The lowest BCUT2D eigenvalue weighted by Gasteiger charge is -2.36. The highest BCUT2D eigenvalue weighted by Crippen LogP contribution is 2.33. The van der Waals surface area contributed by atoms with Gasteiger partial charge in [-0.1, -0.05) is 6.92 Å². The molecular weight excluding hydrogens is 372 g/mol. The van der Waals surface area contributed by atoms with Crippen LogP contribution in [0.25, 0.3) is 0 Å². The Morgan fingerprint density at radius 1 is 1.26 bits per heavy atom. The Hall–Kier alpha value is -1.87. The summed E-state index contributed by atoms with van der Waals surface area (Å²) in [7, 11) is -3.71. The highest BCUT2D eigenvalue weighted by Gasteiger charge is 2.43. The van der Waals surface area contributed by atoms with Crippen LogP contribution in [0.1, 0.15) is 61.8 Å². The van der Waals surface area contributed by atoms with Crippen molar-refractivity contribution in [3.8, 4) is 0 Å². The summed E-state index contributed by atoms with van der Waals surface area (Å²) >= 11 is 0. The van der Waals surface area contributed by atoms with Crippen molar-refractivity contribution in [2.75, 3.05) is 13.1 Å². The molecule has 2 N–H and O–H groups in total. The number of amides is 1. The lowest BCUT2D eigenvalue weighted by atomic mass is 9.77. The standard InChI is InChI=1S/C18H26N2O6S/c1-12-5-7-18(8-6-12,17(22)23)19-16(21)14-11-15(13(2)26-14)27(24,25)20-9-3-4-10-20/h11-12H,3-10H2,1-2H3,(H,19,21)(H,22,23). The predicted molar refractivity (Wildman–Crippen MR) is 96.9 cm³/mol. The molecule has 2 heterocycles. The molecule has 1 aliphatic carbocycles. The zero-order chi connectivity index (χ0) is 19.8. The van der Waals surface area contributed by atoms with Crippen LogP contribution in [0, 0.1) is 12.8 Å². The molecule has 1 aromatic rings. The molecule has 1 aliphatic heterocycles. The maximum absolute atomic E-state index is 12.7. The fourth-order valence-corrected chi connectivity index (χ4v) is 5.51. The number of nitrogens with zero attached hydrogens (tertiary/aromatic N) is 1. The third kappa shape index (κ3) is 3.75. The van der Waals surface area contributed by atoms with Gasteiger partial charge in [-0.25, -0.2) is 13.2 Å². The quantitative estimate of drug-likeness (QED) is 0.785. The fourth-order valence-electron chi connectivity index (χ4n) is 3.83. The van der Waals surface area contributed by atoms with E-state index in [1.165, 1.54) is 17.3 Å². The molecule has 9 heteroatoms. The fraction of sp³-hybridized carbons (Fsp3) is 0.667. The van der Waals surface area contributed by atoms with E-state index in [9.17, 15) is 23.1 Å². The van der Waals surface area contributed by atoms with E-state index in [4.69, 9.17) is 4.42 Å². The third-order valence-electron chi connectivity index (χ3n) is 5.67. The van der Waals surface area contributed by atoms with Gasteiger partial charge in [-0.15, -0.1) is 0 Å². The Balaban J connectivity index is 1.82. The van der Waals surface area contributed by atoms with Gasteiger partial charge >= 0.3 is 5.97 Å². The van der Waals surface area contributed by atoms with Crippen molar-refractivity contribution >= 4 is 21.9 Å². The number of carbonyl (C=O) groups excluding carboxylic acids is 1. The van der Waals surface area contributed by atoms with Crippen molar-refractivity contribution in [1.29, 1.82) is 0 Å². The van der Waals surface area contributed by atoms with E-state index < -0.39 is 27.4 Å². The first-order valence-electron chi connectivity index (χ1n) is 9.32. The minimum atomic E-state index is -3.71. The molecule has 8 nitrogen and oxygen atoms in total. The van der Waals surface area contributed by atoms with Gasteiger partial charge in [0.15, 0.2) is 5.76 Å². The first-order chi connectivity index (χ1) is 12.7. The lowest BCUT2D eigenvalue weighted by molar-refractivity contribution is -0.146. The number of carbonyl (C=O) groups is 2. The Kier molecular flexibility index (Phi) is 5.36. The molecule has 2 fully saturated rings. The minimum Gasteiger partial charge on any atom is -0.480 e. The number of furan rings is 1. The molecule has 0 aromatic carbocycles. The number of hydrogen-bond acceptors (Lipinski definition) is 5. The molecule has 3 rings (SSSR count). The summed E-state index contributed by atoms with van der Waals surface area (Å²) in [5.74, 6) is -1.40. The number of aliphatic carboxylic acids is 1. The van der Waals surface area contributed by atoms with Crippen molar-refractivity contribution in [2.24, 2.45) is 5.92 Å². The summed E-state index contributed by atoms with van der Waals surface area (Å²) in [4.78, 5) is 24.4. The molecule has 1 amide bonds. The number of rotatable bonds is 5. The largest absolute Gasteiger partial charge is 0.480 e. The summed E-state index contributed by atoms with van der Waals surface area (Å²) in [6, 6.07) is 1.21. The topological polar surface area (TPSA) is 117 Å². The van der Waals surface area contributed by atoms with Crippen LogP contribution < -0.4 is 5.32 Å². The van der Waals surface area contributed by atoms with Gasteiger partial charge < -0.3 is 14.8 Å². The van der Waals surface area contributed by atoms with Gasteiger partial charge in [0.2, 0.25) is 10.0 Å². The van der Waals surface area contributed by atoms with Gasteiger partial charge in [0, 0.05) is 19.2 Å². The lowest BCUT2D eigenvalue weighted by Crippen LogP contribution is -2.56. The normalized spacial score (nSPS) is 26.8. The van der Waals surface area contributed by atoms with Gasteiger partial charge in [0.1, 0.15) is 16.2 Å². The average Bonchev–Trinajstić information content (AvgIpc) is 3.27. The summed E-state index contributed by atoms with van der Waals surface area (Å²) in [5.41, 5.74) is -1.34. The SMILES string of the molecule is Cc1oc(C(=O)NC2(C(=O)O)CCC(C)CC2)cc1S(=O)(=O)N1CCCC1. The van der Waals surface area contributed by atoms with Crippen LogP contribution in [-0.2, 0) is 14.8 Å². The first kappa shape index (κ1) is 19.9. The Morgan fingerprint density at radius 2 is 1.85 bits per heavy atom. The van der Waals surface area contributed by atoms with Crippen LogP contribution in [0.3, 0.4) is 0 Å². The maximum Gasteiger partial charge on any atom is 0.329 e. The van der Waals surface area contributed by atoms with Crippen LogP contribution in [0.2, 0.25) is 0 Å². The number of nitrogens with one attached hydrogen (secondary N) is 1. The third-order valence-corrected chi connectivity index (χ3v) is 7.68. The highest BCUT2D eigenvalue weighted by atomic mass is 32.2. The van der Waals surface area contributed by atoms with Gasteiger partial charge in [-0.3, -0.25) is 4.79 Å². The Labute approximate surface area is 159 Å². The van der Waals surface area contributed by atoms with Crippen molar-refractivity contribution in [3.63, 3.8) is 0 Å². The zero-order valence-electron chi connectivity index (χ0n) is 15.7. The summed E-state index contributed by atoms with van der Waals surface area (Å²) < 4.78 is 32.2. The van der Waals surface area contributed by atoms with Crippen LogP contribution >= 0.6 is 0 Å². The highest BCUT2D eigenvalue weighted by molar-refractivity contribution is 7.89. The van der Waals surface area contributed by atoms with E-state index in [1.807, 2.05) is 0 Å². The number of hydrogen-bond donors (Lipinski definition) is 2. The summed E-state index contributed by atoms with van der Waals surface area (Å²) in [6.07, 6.45) is 3.71. The molecule has 150 valence electrons. The van der Waals surface area contributed by atoms with Crippen molar-refractivity contribution in [2.45, 2.75) is 62.8 Å². The van der Waals surface area contributed by atoms with Gasteiger partial charge in [-0.2, -0.15) is 4.31 Å². The van der Waals surface area contributed by atoms with E-state index >= 15 is 0 Å². The second-order valence-electron chi connectivity index (χ2n) is 7.67. The Morgan fingerprint density at radius 3 is 2.41 bits per heavy atom. The average molecular weight is 398 g/mol. The van der Waals surface area contributed by atoms with Crippen LogP contribution in [0.5, 0.6) is 0 Å². The second-order valence-corrected chi connectivity index (χ2v) is 9.57. The zero-order valence-corrected chi connectivity index (χ0v) is 16.5. The number of sulfonamides is 1. The monoisotopic (exact) mass is 398 g/mol. The molecule has 2 aliphatic rings. The number of aryl methyl sites for hydroxylation is 1. The summed E-state index contributed by atoms with van der Waals surface area (Å²) in [5, 5.41) is 12.2. The van der Waals surface area contributed by atoms with Crippen molar-refractivity contribution in [1.82, 2.24) is 9.62 Å². The molecule has 1 saturated heterocycles. The maximum atomic E-state index is 12.7. The number of carboxylic acid groups (broad SMARTS) is 1. The molecule has 1 saturated carbocycles. The molecule has 0 atom stereocenters. The molecule has 0 unspecified atom stereocenters. The number of carboxylic acids is 1. The minimum absolute atomic E-state index is 0.0313. The van der Waals surface area contributed by atoms with Crippen molar-refractivity contribution in [3.05, 3.63) is 17.6 Å². The molecule has 27 heavy (non-hydrogen) atoms. The molecule has 0 radical (unpaired) electrons. The van der Waals surface area contributed by atoms with Crippen molar-refractivity contribution < 1.29 is 27.5 Å². The van der Waals surface area contributed by atoms with E-state index in [1.54, 1.807) is 0 Å². The first-order valence-corrected chi connectivity index (χ1v) is 10.8. The van der Waals surface area contributed by atoms with E-state index in [2.05, 4.69) is 12.2 Å². The smallest absolute Gasteiger partial charge is 0.329 e. The summed E-state index contributed by atoms with van der Waals surface area (Å²) in [6.45, 7) is 4.46. The predicted octanol–water partition coefficient (Wildman–Crippen LogP) is 2.14. The van der Waals surface area contributed by atoms with E-state index in [-0.39, 0.29) is 16.4 Å². The van der Waals surface area contributed by atoms with Gasteiger partial charge in [0.05, 0.1) is 0 Å². The molecular formula is C18H26N2O6S. The molecule has 1 aromatic heterocycles. The van der Waals surface area contributed by atoms with Gasteiger partial charge in [-0.05, 0) is 51.4 Å². The molecule has 0 spiro atoms. The van der Waals surface area contributed by atoms with E-state index in [0.29, 0.717) is 44.7 Å². The van der Waals surface area contributed by atoms with Crippen LogP contribution in [-0.4, -0.2) is 48.3 Å².